The van der Waals surface area contributed by atoms with Gasteiger partial charge < -0.3 is 10.5 Å². The van der Waals surface area contributed by atoms with Gasteiger partial charge in [-0.25, -0.2) is 9.97 Å². The van der Waals surface area contributed by atoms with Crippen LogP contribution in [0, 0.1) is 0 Å². The zero-order valence-electron chi connectivity index (χ0n) is 11.7. The Labute approximate surface area is 123 Å². The number of nitrogens with zero attached hydrogens (tertiary/aromatic N) is 2. The highest BCUT2D eigenvalue weighted by molar-refractivity contribution is 5.67. The lowest BCUT2D eigenvalue weighted by Crippen LogP contribution is -1.98. The molecule has 0 bridgehead atoms. The van der Waals surface area contributed by atoms with Gasteiger partial charge in [0.05, 0.1) is 12.8 Å². The van der Waals surface area contributed by atoms with Crippen molar-refractivity contribution in [2.75, 3.05) is 12.8 Å². The van der Waals surface area contributed by atoms with Crippen LogP contribution in [-0.2, 0) is 0 Å². The van der Waals surface area contributed by atoms with Crippen LogP contribution in [0.2, 0.25) is 0 Å². The number of anilines is 1. The average molecular weight is 277 g/mol. The van der Waals surface area contributed by atoms with Crippen molar-refractivity contribution in [3.8, 4) is 28.4 Å². The lowest BCUT2D eigenvalue weighted by Gasteiger charge is -2.07. The SMILES string of the molecule is COc1cccc(-c2nc(N)cc(-c3ccccc3)n2)c1. The molecular formula is C17H15N3O. The molecule has 1 heterocycles. The summed E-state index contributed by atoms with van der Waals surface area (Å²) >= 11 is 0. The second-order valence-electron chi connectivity index (χ2n) is 4.60. The first-order chi connectivity index (χ1) is 10.3. The number of hydrogen-bond donors (Lipinski definition) is 1. The maximum Gasteiger partial charge on any atom is 0.162 e. The van der Waals surface area contributed by atoms with Crippen molar-refractivity contribution in [3.63, 3.8) is 0 Å². The number of benzene rings is 2. The molecule has 2 aromatic carbocycles. The van der Waals surface area contributed by atoms with Crippen molar-refractivity contribution in [3.05, 3.63) is 60.7 Å². The minimum Gasteiger partial charge on any atom is -0.497 e. The van der Waals surface area contributed by atoms with Crippen LogP contribution in [0.5, 0.6) is 5.75 Å². The first kappa shape index (κ1) is 13.1. The van der Waals surface area contributed by atoms with Gasteiger partial charge in [-0.3, -0.25) is 0 Å². The number of ether oxygens (including phenoxy) is 1. The molecule has 0 aliphatic rings. The molecule has 0 aliphatic heterocycles. The van der Waals surface area contributed by atoms with Crippen molar-refractivity contribution in [2.24, 2.45) is 0 Å². The van der Waals surface area contributed by atoms with Gasteiger partial charge in [0.1, 0.15) is 11.6 Å². The molecule has 104 valence electrons. The summed E-state index contributed by atoms with van der Waals surface area (Å²) in [6.45, 7) is 0. The fourth-order valence-electron chi connectivity index (χ4n) is 2.11. The molecule has 3 aromatic rings. The van der Waals surface area contributed by atoms with E-state index in [1.807, 2.05) is 54.6 Å². The van der Waals surface area contributed by atoms with Crippen LogP contribution in [0.3, 0.4) is 0 Å². The Hall–Kier alpha value is -2.88. The smallest absolute Gasteiger partial charge is 0.162 e. The van der Waals surface area contributed by atoms with Crippen LogP contribution >= 0.6 is 0 Å². The van der Waals surface area contributed by atoms with Crippen LogP contribution in [0.15, 0.2) is 60.7 Å². The van der Waals surface area contributed by atoms with Crippen molar-refractivity contribution in [2.45, 2.75) is 0 Å². The molecule has 0 atom stereocenters. The number of nitrogen functional groups attached to an aromatic ring is 1. The summed E-state index contributed by atoms with van der Waals surface area (Å²) in [4.78, 5) is 8.92. The summed E-state index contributed by atoms with van der Waals surface area (Å²) in [5, 5.41) is 0. The van der Waals surface area contributed by atoms with Crippen LogP contribution in [-0.4, -0.2) is 17.1 Å². The molecular weight excluding hydrogens is 262 g/mol. The molecule has 3 rings (SSSR count). The summed E-state index contributed by atoms with van der Waals surface area (Å²) in [5.41, 5.74) is 8.61. The van der Waals surface area contributed by atoms with E-state index in [0.717, 1.165) is 22.6 Å². The summed E-state index contributed by atoms with van der Waals surface area (Å²) in [6.07, 6.45) is 0. The molecule has 2 N–H and O–H groups in total. The predicted octanol–water partition coefficient (Wildman–Crippen LogP) is 3.40. The standard InChI is InChI=1S/C17H15N3O/c1-21-14-9-5-8-13(10-14)17-19-15(11-16(18)20-17)12-6-3-2-4-7-12/h2-11H,1H3,(H2,18,19,20). The third-order valence-corrected chi connectivity index (χ3v) is 3.14. The molecule has 0 aliphatic carbocycles. The first-order valence-corrected chi connectivity index (χ1v) is 6.60. The van der Waals surface area contributed by atoms with Crippen LogP contribution in [0.25, 0.3) is 22.6 Å². The van der Waals surface area contributed by atoms with Gasteiger partial charge in [-0.2, -0.15) is 0 Å². The van der Waals surface area contributed by atoms with Crippen molar-refractivity contribution >= 4 is 5.82 Å². The lowest BCUT2D eigenvalue weighted by molar-refractivity contribution is 0.415. The zero-order chi connectivity index (χ0) is 14.7. The first-order valence-electron chi connectivity index (χ1n) is 6.60. The maximum absolute atomic E-state index is 5.92. The van der Waals surface area contributed by atoms with E-state index in [-0.39, 0.29) is 0 Å². The lowest BCUT2D eigenvalue weighted by atomic mass is 10.1. The van der Waals surface area contributed by atoms with Gasteiger partial charge in [-0.15, -0.1) is 0 Å². The number of nitrogens with two attached hydrogens (primary N) is 1. The molecule has 0 saturated heterocycles. The summed E-state index contributed by atoms with van der Waals surface area (Å²) in [6, 6.07) is 19.3. The van der Waals surface area contributed by atoms with Crippen molar-refractivity contribution in [1.82, 2.24) is 9.97 Å². The van der Waals surface area contributed by atoms with E-state index in [9.17, 15) is 0 Å². The Kier molecular flexibility index (Phi) is 3.51. The van der Waals surface area contributed by atoms with Crippen molar-refractivity contribution < 1.29 is 4.74 Å². The van der Waals surface area contributed by atoms with E-state index >= 15 is 0 Å². The van der Waals surface area contributed by atoms with Gasteiger partial charge >= 0.3 is 0 Å². The van der Waals surface area contributed by atoms with E-state index < -0.39 is 0 Å². The monoisotopic (exact) mass is 277 g/mol. The molecule has 0 saturated carbocycles. The Bertz CT molecular complexity index is 757. The highest BCUT2D eigenvalue weighted by Gasteiger charge is 2.08. The highest BCUT2D eigenvalue weighted by Crippen LogP contribution is 2.25. The number of hydrogen-bond acceptors (Lipinski definition) is 4. The normalized spacial score (nSPS) is 10.3. The fourth-order valence-corrected chi connectivity index (χ4v) is 2.11. The van der Waals surface area contributed by atoms with Crippen LogP contribution < -0.4 is 10.5 Å². The summed E-state index contributed by atoms with van der Waals surface area (Å²) in [5.74, 6) is 1.80. The molecule has 4 nitrogen and oxygen atoms in total. The van der Waals surface area contributed by atoms with Crippen LogP contribution in [0.1, 0.15) is 0 Å². The average Bonchev–Trinajstić information content (AvgIpc) is 2.55. The molecule has 0 radical (unpaired) electrons. The Balaban J connectivity index is 2.09. The largest absolute Gasteiger partial charge is 0.497 e. The second kappa shape index (κ2) is 5.63. The highest BCUT2D eigenvalue weighted by atomic mass is 16.5. The van der Waals surface area contributed by atoms with Gasteiger partial charge in [-0.1, -0.05) is 42.5 Å². The number of aromatic nitrogens is 2. The number of rotatable bonds is 3. The quantitative estimate of drug-likeness (QED) is 0.797. The minimum absolute atomic E-state index is 0.446. The molecule has 0 fully saturated rings. The zero-order valence-corrected chi connectivity index (χ0v) is 11.7. The molecule has 4 heteroatoms. The minimum atomic E-state index is 0.446. The van der Waals surface area contributed by atoms with Crippen LogP contribution in [0.4, 0.5) is 5.82 Å². The van der Waals surface area contributed by atoms with E-state index in [1.54, 1.807) is 13.2 Å². The molecule has 1 aromatic heterocycles. The third-order valence-electron chi connectivity index (χ3n) is 3.14. The van der Waals surface area contributed by atoms with E-state index in [0.29, 0.717) is 11.6 Å². The molecule has 0 spiro atoms. The van der Waals surface area contributed by atoms with E-state index in [4.69, 9.17) is 10.5 Å². The fraction of sp³-hybridized carbons (Fsp3) is 0.0588. The van der Waals surface area contributed by atoms with Gasteiger partial charge in [0, 0.05) is 17.2 Å². The van der Waals surface area contributed by atoms with Gasteiger partial charge in [0.15, 0.2) is 5.82 Å². The van der Waals surface area contributed by atoms with Gasteiger partial charge in [0.2, 0.25) is 0 Å². The van der Waals surface area contributed by atoms with E-state index in [2.05, 4.69) is 9.97 Å². The summed E-state index contributed by atoms with van der Waals surface area (Å²) in [7, 11) is 1.63. The maximum atomic E-state index is 5.92. The molecule has 0 amide bonds. The summed E-state index contributed by atoms with van der Waals surface area (Å²) < 4.78 is 5.23. The molecule has 0 unspecified atom stereocenters. The van der Waals surface area contributed by atoms with Gasteiger partial charge in [-0.05, 0) is 12.1 Å². The van der Waals surface area contributed by atoms with Gasteiger partial charge in [0.25, 0.3) is 0 Å². The predicted molar refractivity (Wildman–Crippen MR) is 83.9 cm³/mol. The Morgan fingerprint density at radius 1 is 0.857 bits per heavy atom. The Morgan fingerprint density at radius 2 is 1.62 bits per heavy atom. The molecule has 21 heavy (non-hydrogen) atoms. The second-order valence-corrected chi connectivity index (χ2v) is 4.60. The van der Waals surface area contributed by atoms with Crippen molar-refractivity contribution in [1.29, 1.82) is 0 Å². The number of methoxy groups -OCH3 is 1. The Morgan fingerprint density at radius 3 is 2.38 bits per heavy atom. The topological polar surface area (TPSA) is 61.0 Å². The van der Waals surface area contributed by atoms with E-state index in [1.165, 1.54) is 0 Å². The third kappa shape index (κ3) is 2.84.